The first kappa shape index (κ1) is 22.2. The molecule has 0 spiro atoms. The van der Waals surface area contributed by atoms with Gasteiger partial charge in [-0.2, -0.15) is 0 Å². The van der Waals surface area contributed by atoms with Crippen LogP contribution in [0.25, 0.3) is 6.08 Å². The molecule has 1 aliphatic heterocycles. The number of halogens is 3. The van der Waals surface area contributed by atoms with Crippen molar-refractivity contribution in [3.63, 3.8) is 0 Å². The van der Waals surface area contributed by atoms with Crippen molar-refractivity contribution in [2.75, 3.05) is 18.1 Å². The second-order valence-corrected chi connectivity index (χ2v) is 8.74. The number of anilines is 1. The molecule has 0 saturated carbocycles. The summed E-state index contributed by atoms with van der Waals surface area (Å²) in [4.78, 5) is 14.8. The Kier molecular flexibility index (Phi) is 7.35. The Bertz CT molecular complexity index is 1010. The van der Waals surface area contributed by atoms with Crippen molar-refractivity contribution in [3.05, 3.63) is 55.9 Å². The van der Waals surface area contributed by atoms with E-state index in [1.165, 1.54) is 16.7 Å². The fourth-order valence-electron chi connectivity index (χ4n) is 2.71. The van der Waals surface area contributed by atoms with Crippen molar-refractivity contribution in [2.45, 2.75) is 13.8 Å². The number of carbonyl (C=O) groups excluding carboxylic acids is 1. The van der Waals surface area contributed by atoms with Crippen LogP contribution in [0.15, 0.2) is 35.2 Å². The first-order chi connectivity index (χ1) is 13.8. The van der Waals surface area contributed by atoms with Crippen LogP contribution in [0, 0.1) is 0 Å². The topological polar surface area (TPSA) is 38.8 Å². The Hall–Kier alpha value is -1.44. The highest BCUT2D eigenvalue weighted by Gasteiger charge is 2.34. The number of rotatable bonds is 6. The molecule has 1 heterocycles. The third-order valence-electron chi connectivity index (χ3n) is 3.86. The first-order valence-corrected chi connectivity index (χ1v) is 11.0. The van der Waals surface area contributed by atoms with Gasteiger partial charge in [0.2, 0.25) is 0 Å². The van der Waals surface area contributed by atoms with Crippen LogP contribution in [0.1, 0.15) is 19.4 Å². The number of benzene rings is 2. The minimum atomic E-state index is -0.271. The van der Waals surface area contributed by atoms with Crippen LogP contribution in [0.2, 0.25) is 15.1 Å². The van der Waals surface area contributed by atoms with Crippen molar-refractivity contribution < 1.29 is 14.3 Å². The van der Waals surface area contributed by atoms with Gasteiger partial charge in [-0.1, -0.05) is 58.8 Å². The Morgan fingerprint density at radius 1 is 1.07 bits per heavy atom. The summed E-state index contributed by atoms with van der Waals surface area (Å²) in [5.41, 5.74) is 1.19. The summed E-state index contributed by atoms with van der Waals surface area (Å²) < 4.78 is 11.6. The van der Waals surface area contributed by atoms with Gasteiger partial charge in [-0.25, -0.2) is 0 Å². The number of amides is 1. The smallest absolute Gasteiger partial charge is 0.270 e. The molecular weight excluding hydrogens is 473 g/mol. The van der Waals surface area contributed by atoms with Crippen molar-refractivity contribution in [1.82, 2.24) is 0 Å². The molecule has 0 atom stereocenters. The van der Waals surface area contributed by atoms with Gasteiger partial charge in [-0.3, -0.25) is 9.69 Å². The van der Waals surface area contributed by atoms with E-state index in [4.69, 9.17) is 56.5 Å². The molecule has 3 rings (SSSR count). The van der Waals surface area contributed by atoms with E-state index < -0.39 is 0 Å². The molecule has 29 heavy (non-hydrogen) atoms. The third kappa shape index (κ3) is 4.84. The van der Waals surface area contributed by atoms with E-state index in [1.54, 1.807) is 36.4 Å². The Labute approximate surface area is 193 Å². The zero-order valence-corrected chi connectivity index (χ0v) is 19.4. The van der Waals surface area contributed by atoms with Crippen LogP contribution < -0.4 is 14.4 Å². The van der Waals surface area contributed by atoms with Crippen LogP contribution in [-0.4, -0.2) is 23.4 Å². The average molecular weight is 489 g/mol. The Morgan fingerprint density at radius 2 is 1.79 bits per heavy atom. The van der Waals surface area contributed by atoms with Crippen molar-refractivity contribution in [1.29, 1.82) is 0 Å². The molecule has 152 valence electrons. The summed E-state index contributed by atoms with van der Waals surface area (Å²) in [7, 11) is 0. The summed E-state index contributed by atoms with van der Waals surface area (Å²) in [5, 5.41) is 1.23. The summed E-state index contributed by atoms with van der Waals surface area (Å²) in [6, 6.07) is 8.39. The van der Waals surface area contributed by atoms with Gasteiger partial charge in [0, 0.05) is 5.02 Å². The molecule has 9 heteroatoms. The maximum Gasteiger partial charge on any atom is 0.270 e. The van der Waals surface area contributed by atoms with Gasteiger partial charge >= 0.3 is 0 Å². The molecule has 0 bridgehead atoms. The van der Waals surface area contributed by atoms with E-state index in [-0.39, 0.29) is 5.91 Å². The maximum absolute atomic E-state index is 13.0. The molecule has 4 nitrogen and oxygen atoms in total. The molecule has 0 aromatic heterocycles. The highest BCUT2D eigenvalue weighted by Crippen LogP contribution is 2.41. The van der Waals surface area contributed by atoms with E-state index in [0.717, 1.165) is 0 Å². The number of thiocarbonyl (C=S) groups is 1. The second kappa shape index (κ2) is 9.58. The van der Waals surface area contributed by atoms with E-state index in [9.17, 15) is 4.79 Å². The predicted molar refractivity (Wildman–Crippen MR) is 126 cm³/mol. The zero-order valence-electron chi connectivity index (χ0n) is 15.5. The van der Waals surface area contributed by atoms with E-state index in [2.05, 4.69) is 0 Å². The lowest BCUT2D eigenvalue weighted by atomic mass is 10.1. The summed E-state index contributed by atoms with van der Waals surface area (Å²) >= 11 is 25.2. The number of hydrogen-bond donors (Lipinski definition) is 0. The summed E-state index contributed by atoms with van der Waals surface area (Å²) in [5.74, 6) is 0.727. The van der Waals surface area contributed by atoms with Crippen molar-refractivity contribution in [2.24, 2.45) is 0 Å². The number of nitrogens with zero attached hydrogens (tertiary/aromatic N) is 1. The van der Waals surface area contributed by atoms with Gasteiger partial charge in [-0.15, -0.1) is 0 Å². The predicted octanol–water partition coefficient (Wildman–Crippen LogP) is 6.85. The molecule has 2 aromatic carbocycles. The SMILES string of the molecule is CCOc1cc(/C=C2\SC(=S)N(c3ccc(Cl)cc3Cl)C2=O)cc(Cl)c1OCC. The van der Waals surface area contributed by atoms with E-state index >= 15 is 0 Å². The van der Waals surface area contributed by atoms with Gasteiger partial charge in [0.25, 0.3) is 5.91 Å². The third-order valence-corrected chi connectivity index (χ3v) is 5.98. The lowest BCUT2D eigenvalue weighted by molar-refractivity contribution is -0.113. The van der Waals surface area contributed by atoms with Crippen LogP contribution in [-0.2, 0) is 4.79 Å². The molecule has 1 amide bonds. The molecular formula is C20H16Cl3NO3S2. The molecule has 1 aliphatic rings. The summed E-state index contributed by atoms with van der Waals surface area (Å²) in [6.45, 7) is 4.65. The Balaban J connectivity index is 1.97. The highest BCUT2D eigenvalue weighted by molar-refractivity contribution is 8.27. The lowest BCUT2D eigenvalue weighted by Gasteiger charge is -2.16. The van der Waals surface area contributed by atoms with Crippen molar-refractivity contribution in [3.8, 4) is 11.5 Å². The van der Waals surface area contributed by atoms with Crippen LogP contribution in [0.4, 0.5) is 5.69 Å². The normalized spacial score (nSPS) is 15.3. The zero-order chi connectivity index (χ0) is 21.1. The lowest BCUT2D eigenvalue weighted by Crippen LogP contribution is -2.27. The molecule has 1 saturated heterocycles. The van der Waals surface area contributed by atoms with Gasteiger partial charge in [-0.05, 0) is 55.8 Å². The van der Waals surface area contributed by atoms with Crippen LogP contribution in [0.3, 0.4) is 0 Å². The number of thioether (sulfide) groups is 1. The van der Waals surface area contributed by atoms with Gasteiger partial charge < -0.3 is 9.47 Å². The fourth-order valence-corrected chi connectivity index (χ4v) is 4.76. The minimum Gasteiger partial charge on any atom is -0.490 e. The molecule has 1 fully saturated rings. The Morgan fingerprint density at radius 3 is 2.45 bits per heavy atom. The maximum atomic E-state index is 13.0. The molecule has 0 N–H and O–H groups in total. The fraction of sp³-hybridized carbons (Fsp3) is 0.200. The number of hydrogen-bond acceptors (Lipinski definition) is 5. The van der Waals surface area contributed by atoms with Gasteiger partial charge in [0.1, 0.15) is 0 Å². The second-order valence-electron chi connectivity index (χ2n) is 5.81. The van der Waals surface area contributed by atoms with E-state index in [0.29, 0.717) is 60.3 Å². The highest BCUT2D eigenvalue weighted by atomic mass is 35.5. The standard InChI is InChI=1S/C20H16Cl3NO3S2/c1-3-26-16-8-11(7-14(23)18(16)27-4-2)9-17-19(25)24(20(28)29-17)15-6-5-12(21)10-13(15)22/h5-10H,3-4H2,1-2H3/b17-9-. The molecule has 2 aromatic rings. The van der Waals surface area contributed by atoms with Crippen LogP contribution >= 0.6 is 58.8 Å². The monoisotopic (exact) mass is 487 g/mol. The molecule has 0 radical (unpaired) electrons. The number of carbonyl (C=O) groups is 1. The van der Waals surface area contributed by atoms with Crippen molar-refractivity contribution >= 4 is 80.8 Å². The summed E-state index contributed by atoms with van der Waals surface area (Å²) in [6.07, 6.45) is 1.72. The first-order valence-electron chi connectivity index (χ1n) is 8.67. The molecule has 0 unspecified atom stereocenters. The van der Waals surface area contributed by atoms with Gasteiger partial charge in [0.15, 0.2) is 15.8 Å². The van der Waals surface area contributed by atoms with E-state index in [1.807, 2.05) is 13.8 Å². The quantitative estimate of drug-likeness (QED) is 0.328. The number of ether oxygens (including phenoxy) is 2. The van der Waals surface area contributed by atoms with Gasteiger partial charge in [0.05, 0.1) is 33.9 Å². The molecule has 0 aliphatic carbocycles. The van der Waals surface area contributed by atoms with Crippen LogP contribution in [0.5, 0.6) is 11.5 Å². The minimum absolute atomic E-state index is 0.271. The average Bonchev–Trinajstić information content (AvgIpc) is 2.92. The largest absolute Gasteiger partial charge is 0.490 e.